The van der Waals surface area contributed by atoms with Crippen molar-refractivity contribution in [1.29, 1.82) is 0 Å². The van der Waals surface area contributed by atoms with Gasteiger partial charge in [0.2, 0.25) is 5.95 Å². The maximum atomic E-state index is 12.5. The van der Waals surface area contributed by atoms with Gasteiger partial charge in [0.1, 0.15) is 0 Å². The zero-order valence-electron chi connectivity index (χ0n) is 14.8. The minimum absolute atomic E-state index is 0.124. The van der Waals surface area contributed by atoms with Crippen LogP contribution in [0.2, 0.25) is 0 Å². The molecule has 0 saturated carbocycles. The van der Waals surface area contributed by atoms with Crippen LogP contribution in [0, 0.1) is 0 Å². The van der Waals surface area contributed by atoms with Crippen molar-refractivity contribution in [1.82, 2.24) is 9.97 Å². The molecule has 1 aliphatic rings. The first kappa shape index (κ1) is 16.5. The van der Waals surface area contributed by atoms with Gasteiger partial charge in [-0.25, -0.2) is 9.97 Å². The van der Waals surface area contributed by atoms with Crippen molar-refractivity contribution in [2.24, 2.45) is 0 Å². The van der Waals surface area contributed by atoms with Crippen LogP contribution in [-0.2, 0) is 12.8 Å². The van der Waals surface area contributed by atoms with Gasteiger partial charge < -0.3 is 5.32 Å². The summed E-state index contributed by atoms with van der Waals surface area (Å²) >= 11 is 0. The maximum Gasteiger partial charge on any atom is 0.227 e. The normalized spacial score (nSPS) is 16.2. The van der Waals surface area contributed by atoms with Crippen molar-refractivity contribution < 1.29 is 4.79 Å². The van der Waals surface area contributed by atoms with Gasteiger partial charge in [0.05, 0.1) is 11.3 Å². The Labute approximate surface area is 153 Å². The summed E-state index contributed by atoms with van der Waals surface area (Å²) in [4.78, 5) is 21.5. The number of carbonyl (C=O) groups excluding carboxylic acids is 1. The van der Waals surface area contributed by atoms with Crippen LogP contribution in [0.3, 0.4) is 0 Å². The zero-order valence-corrected chi connectivity index (χ0v) is 14.8. The van der Waals surface area contributed by atoms with Crippen molar-refractivity contribution in [3.63, 3.8) is 0 Å². The van der Waals surface area contributed by atoms with Crippen LogP contribution in [-0.4, -0.2) is 15.8 Å². The lowest BCUT2D eigenvalue weighted by atomic mass is 9.82. The van der Waals surface area contributed by atoms with E-state index in [0.717, 1.165) is 24.2 Å². The van der Waals surface area contributed by atoms with Gasteiger partial charge in [-0.3, -0.25) is 4.79 Å². The van der Waals surface area contributed by atoms with E-state index in [1.807, 2.05) is 30.3 Å². The molecule has 130 valence electrons. The number of aromatic nitrogens is 2. The molecule has 0 unspecified atom stereocenters. The number of benzene rings is 2. The number of anilines is 2. The zero-order chi connectivity index (χ0) is 17.9. The monoisotopic (exact) mass is 343 g/mol. The SMILES string of the molecule is CCc1ccc(Nc2ncc3c(n2)C[C@H](c2ccccc2)CC3=O)cc1. The predicted molar refractivity (Wildman–Crippen MR) is 103 cm³/mol. The number of nitrogens with zero attached hydrogens (tertiary/aromatic N) is 2. The van der Waals surface area contributed by atoms with Gasteiger partial charge in [-0.15, -0.1) is 0 Å². The molecule has 1 N–H and O–H groups in total. The second kappa shape index (κ2) is 7.08. The van der Waals surface area contributed by atoms with E-state index in [1.54, 1.807) is 6.20 Å². The summed E-state index contributed by atoms with van der Waals surface area (Å²) in [6.07, 6.45) is 3.95. The molecule has 3 aromatic rings. The van der Waals surface area contributed by atoms with Crippen LogP contribution < -0.4 is 5.32 Å². The van der Waals surface area contributed by atoms with Crippen LogP contribution in [0.4, 0.5) is 11.6 Å². The number of nitrogens with one attached hydrogen (secondary N) is 1. The van der Waals surface area contributed by atoms with Gasteiger partial charge in [0.15, 0.2) is 5.78 Å². The van der Waals surface area contributed by atoms with Crippen molar-refractivity contribution in [3.05, 3.63) is 83.2 Å². The van der Waals surface area contributed by atoms with Gasteiger partial charge in [-0.2, -0.15) is 0 Å². The fraction of sp³-hybridized carbons (Fsp3) is 0.227. The molecule has 0 bridgehead atoms. The van der Waals surface area contributed by atoms with E-state index in [-0.39, 0.29) is 11.7 Å². The number of aryl methyl sites for hydroxylation is 1. The molecule has 0 aliphatic heterocycles. The average Bonchev–Trinajstić information content (AvgIpc) is 2.69. The number of hydrogen-bond donors (Lipinski definition) is 1. The molecule has 1 heterocycles. The van der Waals surface area contributed by atoms with Crippen LogP contribution in [0.25, 0.3) is 0 Å². The van der Waals surface area contributed by atoms with Crippen molar-refractivity contribution in [2.75, 3.05) is 5.32 Å². The van der Waals surface area contributed by atoms with Crippen molar-refractivity contribution in [3.8, 4) is 0 Å². The minimum atomic E-state index is 0.124. The van der Waals surface area contributed by atoms with Crippen LogP contribution in [0.5, 0.6) is 0 Å². The number of hydrogen-bond acceptors (Lipinski definition) is 4. The largest absolute Gasteiger partial charge is 0.324 e. The molecule has 1 atom stereocenters. The summed E-state index contributed by atoms with van der Waals surface area (Å²) in [6.45, 7) is 2.13. The first-order valence-corrected chi connectivity index (χ1v) is 9.03. The Morgan fingerprint density at radius 3 is 2.54 bits per heavy atom. The summed E-state index contributed by atoms with van der Waals surface area (Å²) in [5, 5.41) is 3.24. The van der Waals surface area contributed by atoms with Gasteiger partial charge in [-0.1, -0.05) is 49.4 Å². The quantitative estimate of drug-likeness (QED) is 0.746. The fourth-order valence-corrected chi connectivity index (χ4v) is 3.42. The van der Waals surface area contributed by atoms with Crippen LogP contribution in [0.1, 0.15) is 46.4 Å². The Kier molecular flexibility index (Phi) is 4.48. The summed E-state index contributed by atoms with van der Waals surface area (Å²) in [5.74, 6) is 0.844. The number of carbonyl (C=O) groups is 1. The summed E-state index contributed by atoms with van der Waals surface area (Å²) in [6, 6.07) is 18.4. The highest BCUT2D eigenvalue weighted by Crippen LogP contribution is 2.32. The second-order valence-electron chi connectivity index (χ2n) is 6.67. The molecular weight excluding hydrogens is 322 g/mol. The van der Waals surface area contributed by atoms with Crippen LogP contribution >= 0.6 is 0 Å². The van der Waals surface area contributed by atoms with Gasteiger partial charge in [-0.05, 0) is 42.0 Å². The number of ketones is 1. The van der Waals surface area contributed by atoms with E-state index in [4.69, 9.17) is 0 Å². The Hall–Kier alpha value is -3.01. The first-order chi connectivity index (χ1) is 12.7. The van der Waals surface area contributed by atoms with Crippen molar-refractivity contribution in [2.45, 2.75) is 32.1 Å². The summed E-state index contributed by atoms with van der Waals surface area (Å²) in [5.41, 5.74) is 4.92. The van der Waals surface area contributed by atoms with Gasteiger partial charge in [0.25, 0.3) is 0 Å². The maximum absolute atomic E-state index is 12.5. The Bertz CT molecular complexity index is 920. The lowest BCUT2D eigenvalue weighted by Gasteiger charge is -2.23. The number of fused-ring (bicyclic) bond motifs is 1. The highest BCUT2D eigenvalue weighted by molar-refractivity contribution is 5.98. The smallest absolute Gasteiger partial charge is 0.227 e. The summed E-state index contributed by atoms with van der Waals surface area (Å²) < 4.78 is 0. The van der Waals surface area contributed by atoms with E-state index >= 15 is 0 Å². The van der Waals surface area contributed by atoms with E-state index in [0.29, 0.717) is 17.9 Å². The molecule has 1 aliphatic carbocycles. The molecule has 0 saturated heterocycles. The third-order valence-electron chi connectivity index (χ3n) is 4.93. The molecular formula is C22H21N3O. The third kappa shape index (κ3) is 3.36. The Morgan fingerprint density at radius 2 is 1.81 bits per heavy atom. The summed E-state index contributed by atoms with van der Waals surface area (Å²) in [7, 11) is 0. The Balaban J connectivity index is 1.58. The van der Waals surface area contributed by atoms with Gasteiger partial charge >= 0.3 is 0 Å². The lowest BCUT2D eigenvalue weighted by molar-refractivity contribution is 0.0962. The van der Waals surface area contributed by atoms with Gasteiger partial charge in [0, 0.05) is 18.3 Å². The molecule has 4 heteroatoms. The standard InChI is InChI=1S/C22H21N3O/c1-2-15-8-10-18(11-9-15)24-22-23-14-19-20(25-22)12-17(13-21(19)26)16-6-4-3-5-7-16/h3-11,14,17H,2,12-13H2,1H3,(H,23,24,25)/t17-/m0/s1. The minimum Gasteiger partial charge on any atom is -0.324 e. The molecule has 4 nitrogen and oxygen atoms in total. The predicted octanol–water partition coefficient (Wildman–Crippen LogP) is 4.70. The van der Waals surface area contributed by atoms with E-state index in [9.17, 15) is 4.79 Å². The number of rotatable bonds is 4. The molecule has 0 amide bonds. The molecule has 2 aromatic carbocycles. The van der Waals surface area contributed by atoms with E-state index < -0.39 is 0 Å². The molecule has 4 rings (SSSR count). The van der Waals surface area contributed by atoms with E-state index in [1.165, 1.54) is 11.1 Å². The average molecular weight is 343 g/mol. The molecule has 0 radical (unpaired) electrons. The molecule has 26 heavy (non-hydrogen) atoms. The molecule has 0 spiro atoms. The molecule has 1 aromatic heterocycles. The Morgan fingerprint density at radius 1 is 1.04 bits per heavy atom. The lowest BCUT2D eigenvalue weighted by Crippen LogP contribution is -2.21. The second-order valence-corrected chi connectivity index (χ2v) is 6.67. The van der Waals surface area contributed by atoms with Crippen LogP contribution in [0.15, 0.2) is 60.8 Å². The highest BCUT2D eigenvalue weighted by atomic mass is 16.1. The fourth-order valence-electron chi connectivity index (χ4n) is 3.42. The van der Waals surface area contributed by atoms with E-state index in [2.05, 4.69) is 46.5 Å². The first-order valence-electron chi connectivity index (χ1n) is 9.03. The highest BCUT2D eigenvalue weighted by Gasteiger charge is 2.27. The topological polar surface area (TPSA) is 54.9 Å². The van der Waals surface area contributed by atoms with Crippen molar-refractivity contribution >= 4 is 17.4 Å². The molecule has 0 fully saturated rings. The number of Topliss-reactive ketones (excluding diaryl/α,β-unsaturated/α-hetero) is 1. The third-order valence-corrected chi connectivity index (χ3v) is 4.93.